The summed E-state index contributed by atoms with van der Waals surface area (Å²) < 4.78 is 1.75. The summed E-state index contributed by atoms with van der Waals surface area (Å²) in [5.41, 5.74) is 0.703. The summed E-state index contributed by atoms with van der Waals surface area (Å²) in [6.07, 6.45) is 5.23. The molecule has 0 bridgehead atoms. The van der Waals surface area contributed by atoms with E-state index in [0.717, 1.165) is 0 Å². The average Bonchev–Trinajstić information content (AvgIpc) is 2.31. The summed E-state index contributed by atoms with van der Waals surface area (Å²) in [5.74, 6) is 0.00630. The molecule has 0 N–H and O–H groups in total. The van der Waals surface area contributed by atoms with Gasteiger partial charge in [-0.1, -0.05) is 36.4 Å². The molecule has 1 aromatic carbocycles. The third-order valence-electron chi connectivity index (χ3n) is 2.06. The van der Waals surface area contributed by atoms with E-state index >= 15 is 0 Å². The quantitative estimate of drug-likeness (QED) is 0.526. The Labute approximate surface area is 88.8 Å². The maximum atomic E-state index is 11.7. The Morgan fingerprint density at radius 3 is 2.20 bits per heavy atom. The monoisotopic (exact) mass is 197 g/mol. The van der Waals surface area contributed by atoms with E-state index in [4.69, 9.17) is 0 Å². The maximum Gasteiger partial charge on any atom is 0.174 e. The summed E-state index contributed by atoms with van der Waals surface area (Å²) in [5, 5.41) is 11.7. The minimum absolute atomic E-state index is 0.00630. The highest BCUT2D eigenvalue weighted by Gasteiger charge is 1.94. The van der Waals surface area contributed by atoms with Crippen LogP contribution in [0.4, 0.5) is 0 Å². The van der Waals surface area contributed by atoms with Crippen LogP contribution < -0.4 is 9.67 Å². The number of hydrogen-bond donors (Lipinski definition) is 0. The number of rotatable bonds is 2. The lowest BCUT2D eigenvalue weighted by Crippen LogP contribution is -2.26. The van der Waals surface area contributed by atoms with Crippen LogP contribution in [0.5, 0.6) is 0 Å². The molecule has 0 radical (unpaired) electrons. The summed E-state index contributed by atoms with van der Waals surface area (Å²) >= 11 is 0. The van der Waals surface area contributed by atoms with E-state index in [-0.39, 0.29) is 5.76 Å². The van der Waals surface area contributed by atoms with E-state index in [1.807, 2.05) is 60.9 Å². The maximum absolute atomic E-state index is 11.7. The first-order valence-corrected chi connectivity index (χ1v) is 4.76. The molecule has 0 atom stereocenters. The van der Waals surface area contributed by atoms with Crippen LogP contribution in [0, 0.1) is 0 Å². The molecular formula is C13H11NO. The van der Waals surface area contributed by atoms with Gasteiger partial charge in [-0.3, -0.25) is 0 Å². The fourth-order valence-electron chi connectivity index (χ4n) is 1.31. The van der Waals surface area contributed by atoms with Crippen molar-refractivity contribution in [2.75, 3.05) is 0 Å². The standard InChI is InChI=1S/C13H11NO/c15-13(12-7-3-1-4-8-12)11-14-9-5-2-6-10-14/h1-11H. The zero-order valence-electron chi connectivity index (χ0n) is 8.21. The molecule has 0 saturated heterocycles. The highest BCUT2D eigenvalue weighted by molar-refractivity contribution is 5.64. The van der Waals surface area contributed by atoms with Crippen molar-refractivity contribution in [3.63, 3.8) is 0 Å². The van der Waals surface area contributed by atoms with Crippen molar-refractivity contribution in [1.82, 2.24) is 0 Å². The van der Waals surface area contributed by atoms with Crippen LogP contribution in [0.3, 0.4) is 0 Å². The molecule has 0 amide bonds. The third-order valence-corrected chi connectivity index (χ3v) is 2.06. The van der Waals surface area contributed by atoms with Crippen LogP contribution in [0.25, 0.3) is 12.0 Å². The number of hydrogen-bond acceptors (Lipinski definition) is 1. The first-order chi connectivity index (χ1) is 7.36. The molecule has 2 nitrogen and oxygen atoms in total. The van der Waals surface area contributed by atoms with Crippen molar-refractivity contribution >= 4 is 12.0 Å². The lowest BCUT2D eigenvalue weighted by molar-refractivity contribution is -0.570. The topological polar surface area (TPSA) is 26.9 Å². The van der Waals surface area contributed by atoms with Crippen LogP contribution in [0.1, 0.15) is 5.56 Å². The molecular weight excluding hydrogens is 186 g/mol. The minimum Gasteiger partial charge on any atom is -0.868 e. The zero-order valence-corrected chi connectivity index (χ0v) is 8.21. The zero-order chi connectivity index (χ0) is 10.5. The SMILES string of the molecule is [O-]C(=C[n+]1ccccc1)c1ccccc1. The summed E-state index contributed by atoms with van der Waals surface area (Å²) in [6.45, 7) is 0. The Hall–Kier alpha value is -2.09. The van der Waals surface area contributed by atoms with E-state index in [9.17, 15) is 5.11 Å². The largest absolute Gasteiger partial charge is 0.868 e. The van der Waals surface area contributed by atoms with Gasteiger partial charge in [-0.2, -0.15) is 4.57 Å². The highest BCUT2D eigenvalue weighted by Crippen LogP contribution is 2.06. The Morgan fingerprint density at radius 2 is 1.53 bits per heavy atom. The summed E-state index contributed by atoms with van der Waals surface area (Å²) in [4.78, 5) is 0. The molecule has 74 valence electrons. The average molecular weight is 197 g/mol. The molecule has 0 unspecified atom stereocenters. The van der Waals surface area contributed by atoms with Crippen molar-refractivity contribution in [1.29, 1.82) is 0 Å². The predicted molar refractivity (Wildman–Crippen MR) is 57.2 cm³/mol. The molecule has 0 spiro atoms. The fourth-order valence-corrected chi connectivity index (χ4v) is 1.31. The number of pyridine rings is 1. The lowest BCUT2D eigenvalue weighted by Gasteiger charge is -2.08. The third kappa shape index (κ3) is 2.44. The van der Waals surface area contributed by atoms with Crippen molar-refractivity contribution < 1.29 is 9.67 Å². The van der Waals surface area contributed by atoms with Crippen molar-refractivity contribution in [2.45, 2.75) is 0 Å². The van der Waals surface area contributed by atoms with Crippen LogP contribution in [0.15, 0.2) is 60.9 Å². The second-order valence-corrected chi connectivity index (χ2v) is 3.18. The van der Waals surface area contributed by atoms with E-state index < -0.39 is 0 Å². The van der Waals surface area contributed by atoms with Crippen molar-refractivity contribution in [2.24, 2.45) is 0 Å². The van der Waals surface area contributed by atoms with Crippen LogP contribution >= 0.6 is 0 Å². The molecule has 0 fully saturated rings. The van der Waals surface area contributed by atoms with Gasteiger partial charge < -0.3 is 5.11 Å². The fraction of sp³-hybridized carbons (Fsp3) is 0. The molecule has 2 heteroatoms. The van der Waals surface area contributed by atoms with Gasteiger partial charge in [-0.15, -0.1) is 0 Å². The molecule has 0 aliphatic rings. The minimum atomic E-state index is 0.00630. The highest BCUT2D eigenvalue weighted by atomic mass is 16.3. The van der Waals surface area contributed by atoms with Crippen molar-refractivity contribution in [3.8, 4) is 0 Å². The van der Waals surface area contributed by atoms with Crippen LogP contribution in [-0.4, -0.2) is 0 Å². The number of benzene rings is 1. The van der Waals surface area contributed by atoms with Crippen LogP contribution in [-0.2, 0) is 0 Å². The first-order valence-electron chi connectivity index (χ1n) is 4.76. The Bertz CT molecular complexity index is 448. The van der Waals surface area contributed by atoms with Gasteiger partial charge in [0.15, 0.2) is 18.6 Å². The summed E-state index contributed by atoms with van der Waals surface area (Å²) in [6, 6.07) is 14.9. The molecule has 0 aliphatic heterocycles. The van der Waals surface area contributed by atoms with Gasteiger partial charge >= 0.3 is 0 Å². The number of aromatic nitrogens is 1. The molecule has 15 heavy (non-hydrogen) atoms. The van der Waals surface area contributed by atoms with Crippen molar-refractivity contribution in [3.05, 3.63) is 66.5 Å². The van der Waals surface area contributed by atoms with Gasteiger partial charge in [0.05, 0.1) is 0 Å². The van der Waals surface area contributed by atoms with Gasteiger partial charge in [0.1, 0.15) is 0 Å². The second kappa shape index (κ2) is 4.42. The van der Waals surface area contributed by atoms with Gasteiger partial charge in [0, 0.05) is 12.1 Å². The molecule has 2 rings (SSSR count). The predicted octanol–water partition coefficient (Wildman–Crippen LogP) is 1.29. The van der Waals surface area contributed by atoms with E-state index in [1.165, 1.54) is 0 Å². The van der Waals surface area contributed by atoms with Crippen LogP contribution in [0.2, 0.25) is 0 Å². The molecule has 0 saturated carbocycles. The molecule has 1 aromatic heterocycles. The second-order valence-electron chi connectivity index (χ2n) is 3.18. The van der Waals surface area contributed by atoms with Gasteiger partial charge in [-0.05, 0) is 11.3 Å². The lowest BCUT2D eigenvalue weighted by atomic mass is 10.2. The first kappa shape index (κ1) is 9.46. The smallest absolute Gasteiger partial charge is 0.174 e. The normalized spacial score (nSPS) is 11.3. The van der Waals surface area contributed by atoms with E-state index in [0.29, 0.717) is 5.56 Å². The van der Waals surface area contributed by atoms with Gasteiger partial charge in [-0.25, -0.2) is 0 Å². The van der Waals surface area contributed by atoms with E-state index in [1.54, 1.807) is 10.8 Å². The molecule has 0 aliphatic carbocycles. The van der Waals surface area contributed by atoms with Gasteiger partial charge in [0.25, 0.3) is 0 Å². The Balaban J connectivity index is 2.29. The Morgan fingerprint density at radius 1 is 0.933 bits per heavy atom. The number of nitrogens with zero attached hydrogens (tertiary/aromatic N) is 1. The summed E-state index contributed by atoms with van der Waals surface area (Å²) in [7, 11) is 0. The van der Waals surface area contributed by atoms with Gasteiger partial charge in [0.2, 0.25) is 0 Å². The van der Waals surface area contributed by atoms with E-state index in [2.05, 4.69) is 0 Å². The molecule has 1 heterocycles. The Kier molecular flexibility index (Phi) is 2.79. The molecule has 2 aromatic rings.